The van der Waals surface area contributed by atoms with Crippen LogP contribution in [0.2, 0.25) is 0 Å². The third-order valence-corrected chi connectivity index (χ3v) is 19.8. The lowest BCUT2D eigenvalue weighted by Gasteiger charge is -2.39. The quantitative estimate of drug-likeness (QED) is 0.00665. The van der Waals surface area contributed by atoms with Gasteiger partial charge in [-0.3, -0.25) is 33.6 Å². The van der Waals surface area contributed by atoms with Crippen LogP contribution in [0.5, 0.6) is 5.75 Å². The van der Waals surface area contributed by atoms with Crippen LogP contribution in [0.3, 0.4) is 0 Å². The number of aliphatic hydroxyl groups is 5. The number of amides is 2. The van der Waals surface area contributed by atoms with Crippen molar-refractivity contribution in [1.29, 1.82) is 0 Å². The highest BCUT2D eigenvalue weighted by molar-refractivity contribution is 8.76. The van der Waals surface area contributed by atoms with Gasteiger partial charge in [0.15, 0.2) is 30.8 Å². The average molecular weight is 1610 g/mol. The van der Waals surface area contributed by atoms with E-state index in [1.165, 1.54) is 28.4 Å². The molecule has 4 aromatic rings. The molecule has 0 saturated carbocycles. The molecule has 0 saturated heterocycles. The molecule has 5 heterocycles. The highest BCUT2D eigenvalue weighted by Crippen LogP contribution is 2.43. The number of methoxy groups -OCH3 is 4. The van der Waals surface area contributed by atoms with Crippen molar-refractivity contribution in [2.75, 3.05) is 93.6 Å². The van der Waals surface area contributed by atoms with Gasteiger partial charge in [0.2, 0.25) is 11.8 Å². The van der Waals surface area contributed by atoms with Crippen LogP contribution in [0, 0.1) is 0 Å². The van der Waals surface area contributed by atoms with Crippen LogP contribution in [0.1, 0.15) is 168 Å². The van der Waals surface area contributed by atoms with Gasteiger partial charge in [0.25, 0.3) is 5.56 Å². The van der Waals surface area contributed by atoms with Gasteiger partial charge in [-0.15, -0.1) is 0 Å². The number of esters is 4. The summed E-state index contributed by atoms with van der Waals surface area (Å²) in [5, 5.41) is 70.8. The summed E-state index contributed by atoms with van der Waals surface area (Å²) in [6.07, 6.45) is 1.42. The number of aromatic nitrogens is 3. The molecule has 0 radical (unpaired) electrons. The van der Waals surface area contributed by atoms with Crippen molar-refractivity contribution >= 4 is 74.2 Å². The Balaban J connectivity index is 0.000000452. The van der Waals surface area contributed by atoms with Gasteiger partial charge >= 0.3 is 29.8 Å². The topological polar surface area (TPSA) is 453 Å². The first-order chi connectivity index (χ1) is 53.3. The number of aromatic hydroxyl groups is 1. The number of pyridine rings is 3. The molecule has 2 aliphatic rings. The van der Waals surface area contributed by atoms with E-state index in [1.54, 1.807) is 71.3 Å². The van der Waals surface area contributed by atoms with Gasteiger partial charge in [-0.1, -0.05) is 58.4 Å². The number of fused-ring (bicyclic) bond motifs is 5. The highest BCUT2D eigenvalue weighted by Gasteiger charge is 2.50. The highest BCUT2D eigenvalue weighted by atomic mass is 33.1. The van der Waals surface area contributed by atoms with Gasteiger partial charge in [-0.2, -0.15) is 0 Å². The summed E-state index contributed by atoms with van der Waals surface area (Å²) in [5.41, 5.74) is 2.65. The molecule has 0 bridgehead atoms. The van der Waals surface area contributed by atoms with Crippen LogP contribution in [0.15, 0.2) is 58.5 Å². The molecular weight excluding hydrogens is 1490 g/mol. The molecule has 9 unspecified atom stereocenters. The Hall–Kier alpha value is -7.04. The zero-order chi connectivity index (χ0) is 82.4. The number of carbonyl (C=O) groups is 7. The van der Waals surface area contributed by atoms with Crippen molar-refractivity contribution in [2.45, 2.75) is 237 Å². The molecule has 2 amide bonds. The second kappa shape index (κ2) is 54.6. The van der Waals surface area contributed by atoms with Crippen molar-refractivity contribution in [1.82, 2.24) is 25.2 Å². The number of aryl methyl sites for hydroxylation is 1. The number of ether oxygens (including phenoxy) is 13. The third kappa shape index (κ3) is 33.9. The number of rotatable bonds is 50. The van der Waals surface area contributed by atoms with Gasteiger partial charge in [0, 0.05) is 102 Å². The minimum atomic E-state index is -1.61. The summed E-state index contributed by atoms with van der Waals surface area (Å²) in [4.78, 5) is 107. The SMILES string of the molecule is CCC(CO)OC(CO)OC.CCC(CO)OC(COC(=O)CCCC(=O)NCCSSc1ccccn1)OC.CCC(CO)OC(COC(=O)CCCC(=O)O)OC.CCc1c2c(nc3ccc(O)cc13)-c1cc3c(c(=O)n1C2)COC(=O)[C@@]3(CC)OC(C)[C@H](C)NC(=O)CCCC(=O)OCC(OC)OC(CC)CO. The van der Waals surface area contributed by atoms with Crippen LogP contribution in [0.25, 0.3) is 22.3 Å². The second-order valence-corrected chi connectivity index (χ2v) is 27.8. The van der Waals surface area contributed by atoms with Gasteiger partial charge in [0.05, 0.1) is 98.6 Å². The molecule has 35 heteroatoms. The minimum Gasteiger partial charge on any atom is -0.508 e. The lowest BCUT2D eigenvalue weighted by atomic mass is 9.85. The van der Waals surface area contributed by atoms with Crippen LogP contribution in [-0.2, 0) is 120 Å². The second-order valence-electron chi connectivity index (χ2n) is 25.4. The van der Waals surface area contributed by atoms with E-state index in [4.69, 9.17) is 92.1 Å². The molecule has 33 nitrogen and oxygen atoms in total. The summed E-state index contributed by atoms with van der Waals surface area (Å²) in [6.45, 7) is 14.5. The fourth-order valence-electron chi connectivity index (χ4n) is 10.9. The number of phenols is 1. The fraction of sp³-hybridized carbons (Fsp3) is 0.658. The monoisotopic (exact) mass is 1610 g/mol. The first-order valence-electron chi connectivity index (χ1n) is 37.3. The Bertz CT molecular complexity index is 3460. The summed E-state index contributed by atoms with van der Waals surface area (Å²) in [5.74, 6) is -2.49. The van der Waals surface area contributed by atoms with Gasteiger partial charge in [-0.25, -0.2) is 14.8 Å². The van der Waals surface area contributed by atoms with Crippen molar-refractivity contribution in [3.63, 3.8) is 0 Å². The molecule has 6 rings (SSSR count). The Morgan fingerprint density at radius 2 is 1.14 bits per heavy atom. The molecule has 1 aromatic carbocycles. The maximum atomic E-state index is 14.0. The van der Waals surface area contributed by atoms with E-state index in [1.807, 2.05) is 58.9 Å². The van der Waals surface area contributed by atoms with Crippen LogP contribution >= 0.6 is 21.6 Å². The number of benzene rings is 1. The van der Waals surface area contributed by atoms with Gasteiger partial charge in [0.1, 0.15) is 37.2 Å². The van der Waals surface area contributed by atoms with Crippen molar-refractivity contribution in [3.05, 3.63) is 81.3 Å². The summed E-state index contributed by atoms with van der Waals surface area (Å²) in [7, 11) is 8.91. The fourth-order valence-corrected chi connectivity index (χ4v) is 12.7. The zero-order valence-corrected chi connectivity index (χ0v) is 67.5. The van der Waals surface area contributed by atoms with Gasteiger partial charge < -0.3 is 113 Å². The molecule has 2 aliphatic heterocycles. The number of nitrogens with one attached hydrogen (secondary N) is 2. The Morgan fingerprint density at radius 3 is 1.59 bits per heavy atom. The van der Waals surface area contributed by atoms with E-state index in [0.717, 1.165) is 27.3 Å². The number of carboxylic acid groups (broad SMARTS) is 1. The largest absolute Gasteiger partial charge is 0.508 e. The third-order valence-electron chi connectivity index (χ3n) is 17.6. The Kier molecular flexibility index (Phi) is 48.3. The van der Waals surface area contributed by atoms with E-state index in [2.05, 4.69) is 15.6 Å². The standard InChI is InChI=1S/C38H49N3O11.C19H30N2O6S2.C12H22O7.C7H16O4/c1-7-24(18-42)51-34(48-6)20-49-33(45)12-10-11-32(44)39-21(4)22(5)52-38(9-3)29-16-31-35-27(17-41(31)36(46)28(29)19-50-37(38)47)25(8-2)26-15-23(43)13-14-30(26)40-35;1-3-15(13-22)27-19(25-2)14-26-18(24)9-6-7-16(23)20-11-12-28-29-17-8-4-5-10-21-17;1-3-9(7-13)19-12(17-2)8-18-11(16)6-4-5-10(14)15;1-3-6(4-8)11-7(5-9)10-2/h13-16,21-22,24,34,42-43H,7-12,17-20H2,1-6H3,(H,39,44);4-5,8,10,15,19,22H,3,6-7,9,11-14H2,1-2H3,(H,20,23);9,12-13H,3-8H2,1-2H3,(H,14,15);6-9H,3-5H2,1-2H3/t21-,22?,24?,34?,38-;;;/m0.../s1. The molecule has 626 valence electrons. The normalized spacial score (nSPS) is 16.0. The van der Waals surface area contributed by atoms with Crippen LogP contribution in [0.4, 0.5) is 0 Å². The summed E-state index contributed by atoms with van der Waals surface area (Å²) < 4.78 is 70.4. The Labute approximate surface area is 656 Å². The van der Waals surface area contributed by atoms with Crippen LogP contribution < -0.4 is 16.2 Å². The lowest BCUT2D eigenvalue weighted by Crippen LogP contribution is -2.51. The molecule has 0 spiro atoms. The molecule has 0 fully saturated rings. The zero-order valence-electron chi connectivity index (χ0n) is 65.8. The van der Waals surface area contributed by atoms with E-state index < -0.39 is 78.9 Å². The Morgan fingerprint density at radius 1 is 0.631 bits per heavy atom. The van der Waals surface area contributed by atoms with Crippen molar-refractivity contribution in [3.8, 4) is 17.1 Å². The maximum Gasteiger partial charge on any atom is 0.343 e. The summed E-state index contributed by atoms with van der Waals surface area (Å²) >= 11 is 0. The minimum absolute atomic E-state index is 0.00106. The predicted molar refractivity (Wildman–Crippen MR) is 408 cm³/mol. The molecule has 0 aliphatic carbocycles. The van der Waals surface area contributed by atoms with E-state index in [9.17, 15) is 48.6 Å². The number of nitrogens with zero attached hydrogens (tertiary/aromatic N) is 3. The van der Waals surface area contributed by atoms with E-state index >= 15 is 0 Å². The lowest BCUT2D eigenvalue weighted by molar-refractivity contribution is -0.194. The number of hydrogen-bond donors (Lipinski definition) is 9. The number of aliphatic hydroxyl groups excluding tert-OH is 5. The van der Waals surface area contributed by atoms with E-state index in [-0.39, 0.29) is 159 Å². The smallest absolute Gasteiger partial charge is 0.343 e. The molecular formula is C76H117N5O28S2. The molecule has 11 atom stereocenters. The predicted octanol–water partition coefficient (Wildman–Crippen LogP) is 6.43. The number of carboxylic acids is 1. The van der Waals surface area contributed by atoms with Crippen LogP contribution in [-0.4, -0.2) is 247 Å². The first kappa shape index (κ1) is 98.2. The number of aliphatic carboxylic acids is 1. The number of phenolic OH excluding ortho intramolecular Hbond substituents is 1. The van der Waals surface area contributed by atoms with Gasteiger partial charge in [-0.05, 0) is 124 Å². The number of carbonyl (C=O) groups excluding carboxylic acids is 6. The number of cyclic esters (lactones) is 1. The summed E-state index contributed by atoms with van der Waals surface area (Å²) in [6, 6.07) is 12.0. The van der Waals surface area contributed by atoms with Crippen molar-refractivity contribution in [2.24, 2.45) is 0 Å². The molecule has 3 aromatic heterocycles. The van der Waals surface area contributed by atoms with E-state index in [0.29, 0.717) is 79.6 Å². The maximum absolute atomic E-state index is 14.0. The number of hydrogen-bond acceptors (Lipinski definition) is 31. The first-order valence-corrected chi connectivity index (χ1v) is 39.6. The van der Waals surface area contributed by atoms with Crippen molar-refractivity contribution < 1.29 is 131 Å². The average Bonchev–Trinajstić information content (AvgIpc) is 1.62. The molecule has 9 N–H and O–H groups in total. The molecule has 111 heavy (non-hydrogen) atoms.